The van der Waals surface area contributed by atoms with Gasteiger partial charge in [-0.15, -0.1) is 5.10 Å². The fourth-order valence-electron chi connectivity index (χ4n) is 3.00. The van der Waals surface area contributed by atoms with Crippen LogP contribution >= 0.6 is 11.8 Å². The molecule has 1 unspecified atom stereocenters. The molecule has 0 saturated carbocycles. The van der Waals surface area contributed by atoms with E-state index in [1.807, 2.05) is 18.2 Å². The number of anilines is 1. The van der Waals surface area contributed by atoms with Crippen molar-refractivity contribution in [1.29, 1.82) is 0 Å². The van der Waals surface area contributed by atoms with Gasteiger partial charge < -0.3 is 15.4 Å². The summed E-state index contributed by atoms with van der Waals surface area (Å²) in [5.41, 5.74) is 5.61. The Balaban J connectivity index is 1.67. The van der Waals surface area contributed by atoms with Crippen LogP contribution in [0.4, 0.5) is 5.69 Å². The summed E-state index contributed by atoms with van der Waals surface area (Å²) in [6, 6.07) is 9.08. The topological polar surface area (TPSA) is 123 Å². The van der Waals surface area contributed by atoms with Crippen LogP contribution in [0, 0.1) is 0 Å². The summed E-state index contributed by atoms with van der Waals surface area (Å²) in [6.07, 6.45) is 1.93. The van der Waals surface area contributed by atoms with E-state index in [1.165, 1.54) is 21.2 Å². The minimum absolute atomic E-state index is 0.0123. The SMILES string of the molecule is NC(=O)CCN(C(=O)CSc1n[nH]c(=O)n1CC1CCCO1)c1ccccc1. The van der Waals surface area contributed by atoms with E-state index in [0.29, 0.717) is 24.0 Å². The highest BCUT2D eigenvalue weighted by molar-refractivity contribution is 7.99. The number of H-pyrrole nitrogens is 1. The van der Waals surface area contributed by atoms with Crippen molar-refractivity contribution < 1.29 is 14.3 Å². The number of carbonyl (C=O) groups excluding carboxylic acids is 2. The number of benzene rings is 1. The van der Waals surface area contributed by atoms with E-state index < -0.39 is 5.91 Å². The zero-order valence-electron chi connectivity index (χ0n) is 15.4. The van der Waals surface area contributed by atoms with E-state index in [1.54, 1.807) is 12.1 Å². The summed E-state index contributed by atoms with van der Waals surface area (Å²) < 4.78 is 7.09. The minimum Gasteiger partial charge on any atom is -0.376 e. The Hall–Kier alpha value is -2.59. The van der Waals surface area contributed by atoms with Gasteiger partial charge in [0.25, 0.3) is 0 Å². The molecule has 1 fully saturated rings. The minimum atomic E-state index is -0.473. The lowest BCUT2D eigenvalue weighted by atomic mass is 10.2. The average Bonchev–Trinajstić information content (AvgIpc) is 3.32. The second-order valence-electron chi connectivity index (χ2n) is 6.44. The Morgan fingerprint density at radius 3 is 2.82 bits per heavy atom. The number of aromatic amines is 1. The van der Waals surface area contributed by atoms with Crippen molar-refractivity contribution in [3.8, 4) is 0 Å². The van der Waals surface area contributed by atoms with Crippen molar-refractivity contribution in [2.75, 3.05) is 23.8 Å². The third-order valence-electron chi connectivity index (χ3n) is 4.41. The first-order valence-electron chi connectivity index (χ1n) is 9.08. The summed E-state index contributed by atoms with van der Waals surface area (Å²) in [7, 11) is 0. The highest BCUT2D eigenvalue weighted by Gasteiger charge is 2.22. The molecule has 10 heteroatoms. The van der Waals surface area contributed by atoms with Gasteiger partial charge in [0, 0.05) is 25.3 Å². The smallest absolute Gasteiger partial charge is 0.344 e. The van der Waals surface area contributed by atoms with Gasteiger partial charge >= 0.3 is 5.69 Å². The molecular weight excluding hydrogens is 382 g/mol. The van der Waals surface area contributed by atoms with Crippen LogP contribution in [-0.4, -0.2) is 51.6 Å². The summed E-state index contributed by atoms with van der Waals surface area (Å²) in [5, 5.41) is 6.90. The van der Waals surface area contributed by atoms with Crippen molar-refractivity contribution >= 4 is 29.3 Å². The van der Waals surface area contributed by atoms with Crippen molar-refractivity contribution in [3.05, 3.63) is 40.8 Å². The van der Waals surface area contributed by atoms with Gasteiger partial charge in [0.05, 0.1) is 18.4 Å². The molecule has 0 aliphatic carbocycles. The Morgan fingerprint density at radius 1 is 1.36 bits per heavy atom. The van der Waals surface area contributed by atoms with Gasteiger partial charge in [0.1, 0.15) is 0 Å². The number of primary amides is 1. The normalized spacial score (nSPS) is 16.2. The number of amides is 2. The molecule has 1 saturated heterocycles. The third kappa shape index (κ3) is 5.23. The second kappa shape index (κ2) is 9.56. The van der Waals surface area contributed by atoms with Crippen molar-refractivity contribution in [2.45, 2.75) is 37.1 Å². The fraction of sp³-hybridized carbons (Fsp3) is 0.444. The predicted octanol–water partition coefficient (Wildman–Crippen LogP) is 0.751. The van der Waals surface area contributed by atoms with Crippen LogP contribution in [0.3, 0.4) is 0 Å². The molecule has 28 heavy (non-hydrogen) atoms. The first-order valence-corrected chi connectivity index (χ1v) is 10.1. The molecule has 9 nitrogen and oxygen atoms in total. The molecule has 3 N–H and O–H groups in total. The summed E-state index contributed by atoms with van der Waals surface area (Å²) in [5.74, 6) is -0.598. The lowest BCUT2D eigenvalue weighted by Gasteiger charge is -2.22. The van der Waals surface area contributed by atoms with E-state index >= 15 is 0 Å². The number of carbonyl (C=O) groups is 2. The Kier molecular flexibility index (Phi) is 6.88. The van der Waals surface area contributed by atoms with Gasteiger partial charge in [-0.25, -0.2) is 9.89 Å². The molecule has 2 aromatic rings. The first-order chi connectivity index (χ1) is 13.5. The number of para-hydroxylation sites is 1. The third-order valence-corrected chi connectivity index (χ3v) is 5.37. The highest BCUT2D eigenvalue weighted by Crippen LogP contribution is 2.20. The van der Waals surface area contributed by atoms with Gasteiger partial charge in [-0.05, 0) is 25.0 Å². The lowest BCUT2D eigenvalue weighted by Crippen LogP contribution is -2.35. The van der Waals surface area contributed by atoms with Crippen LogP contribution in [0.1, 0.15) is 19.3 Å². The molecule has 1 aromatic carbocycles. The maximum Gasteiger partial charge on any atom is 0.344 e. The van der Waals surface area contributed by atoms with Crippen LogP contribution in [0.5, 0.6) is 0 Å². The average molecular weight is 405 g/mol. The summed E-state index contributed by atoms with van der Waals surface area (Å²) in [6.45, 7) is 1.31. The Bertz CT molecular complexity index is 860. The van der Waals surface area contributed by atoms with E-state index in [2.05, 4.69) is 10.2 Å². The van der Waals surface area contributed by atoms with Crippen molar-refractivity contribution in [3.63, 3.8) is 0 Å². The molecule has 1 atom stereocenters. The number of hydrogen-bond donors (Lipinski definition) is 2. The van der Waals surface area contributed by atoms with Gasteiger partial charge in [0.15, 0.2) is 5.16 Å². The summed E-state index contributed by atoms with van der Waals surface area (Å²) >= 11 is 1.17. The molecule has 150 valence electrons. The van der Waals surface area contributed by atoms with Gasteiger partial charge in [-0.2, -0.15) is 0 Å². The summed E-state index contributed by atoms with van der Waals surface area (Å²) in [4.78, 5) is 37.5. The molecule has 1 aliphatic rings. The Labute approximate surface area is 166 Å². The molecule has 2 heterocycles. The van der Waals surface area contributed by atoms with Gasteiger partial charge in [0.2, 0.25) is 11.8 Å². The van der Waals surface area contributed by atoms with Crippen LogP contribution in [0.2, 0.25) is 0 Å². The fourth-order valence-corrected chi connectivity index (χ4v) is 3.83. The van der Waals surface area contributed by atoms with Gasteiger partial charge in [-0.3, -0.25) is 14.2 Å². The quantitative estimate of drug-likeness (QED) is 0.594. The maximum absolute atomic E-state index is 12.8. The van der Waals surface area contributed by atoms with Crippen LogP contribution in [0.25, 0.3) is 0 Å². The Morgan fingerprint density at radius 2 is 2.14 bits per heavy atom. The molecule has 0 radical (unpaired) electrons. The van der Waals surface area contributed by atoms with Crippen LogP contribution < -0.4 is 16.3 Å². The van der Waals surface area contributed by atoms with Crippen LogP contribution in [0.15, 0.2) is 40.3 Å². The van der Waals surface area contributed by atoms with Crippen molar-refractivity contribution in [1.82, 2.24) is 14.8 Å². The van der Waals surface area contributed by atoms with E-state index in [0.717, 1.165) is 12.8 Å². The molecule has 2 amide bonds. The lowest BCUT2D eigenvalue weighted by molar-refractivity contribution is -0.118. The second-order valence-corrected chi connectivity index (χ2v) is 7.39. The highest BCUT2D eigenvalue weighted by atomic mass is 32.2. The predicted molar refractivity (Wildman–Crippen MR) is 105 cm³/mol. The van der Waals surface area contributed by atoms with E-state index in [4.69, 9.17) is 10.5 Å². The maximum atomic E-state index is 12.8. The standard InChI is InChI=1S/C18H23N5O4S/c19-15(24)8-9-22(13-5-2-1-3-6-13)16(25)12-28-18-21-20-17(26)23(18)11-14-7-4-10-27-14/h1-3,5-6,14H,4,7-12H2,(H2,19,24)(H,20,26). The van der Waals surface area contributed by atoms with E-state index in [-0.39, 0.29) is 36.4 Å². The molecule has 0 spiro atoms. The number of nitrogens with zero attached hydrogens (tertiary/aromatic N) is 3. The van der Waals surface area contributed by atoms with Gasteiger partial charge in [-0.1, -0.05) is 30.0 Å². The number of thioether (sulfide) groups is 1. The number of hydrogen-bond acceptors (Lipinski definition) is 6. The largest absolute Gasteiger partial charge is 0.376 e. The zero-order chi connectivity index (χ0) is 19.9. The molecule has 0 bridgehead atoms. The van der Waals surface area contributed by atoms with Crippen LogP contribution in [-0.2, 0) is 20.9 Å². The first kappa shape index (κ1) is 20.2. The number of rotatable bonds is 9. The molecular formula is C18H23N5O4S. The molecule has 1 aliphatic heterocycles. The van der Waals surface area contributed by atoms with Crippen molar-refractivity contribution in [2.24, 2.45) is 5.73 Å². The number of nitrogens with two attached hydrogens (primary N) is 1. The number of ether oxygens (including phenoxy) is 1. The number of nitrogens with one attached hydrogen (secondary N) is 1. The zero-order valence-corrected chi connectivity index (χ0v) is 16.2. The number of aromatic nitrogens is 3. The monoisotopic (exact) mass is 405 g/mol. The molecule has 3 rings (SSSR count). The van der Waals surface area contributed by atoms with E-state index in [9.17, 15) is 14.4 Å². The molecule has 1 aromatic heterocycles.